The van der Waals surface area contributed by atoms with Gasteiger partial charge in [0.05, 0.1) is 16.7 Å². The molecule has 0 aromatic heterocycles. The van der Waals surface area contributed by atoms with Crippen LogP contribution in [0.1, 0.15) is 45.4 Å². The van der Waals surface area contributed by atoms with Crippen LogP contribution in [-0.4, -0.2) is 6.11 Å². The number of alkyl halides is 2. The fourth-order valence-corrected chi connectivity index (χ4v) is 5.62. The predicted octanol–water partition coefficient (Wildman–Crippen LogP) is 10.2. The van der Waals surface area contributed by atoms with Gasteiger partial charge in [0.1, 0.15) is 5.82 Å². The molecule has 0 atom stereocenters. The van der Waals surface area contributed by atoms with Crippen molar-refractivity contribution >= 4 is 21.5 Å². The van der Waals surface area contributed by atoms with Gasteiger partial charge in [-0.25, -0.2) is 30.7 Å². The highest BCUT2D eigenvalue weighted by atomic mass is 19.3. The smallest absolute Gasteiger partial charge is 0.400 e. The summed E-state index contributed by atoms with van der Waals surface area (Å²) in [6.07, 6.45) is -0.324. The lowest BCUT2D eigenvalue weighted by molar-refractivity contribution is -0.224. The third-order valence-corrected chi connectivity index (χ3v) is 7.69. The molecule has 1 aliphatic carbocycles. The molecule has 0 bridgehead atoms. The fraction of sp³-hybridized carbons (Fsp3) is 0.333. The molecule has 0 saturated heterocycles. The van der Waals surface area contributed by atoms with Gasteiger partial charge >= 0.3 is 6.11 Å². The van der Waals surface area contributed by atoms with E-state index < -0.39 is 80.2 Å². The predicted molar refractivity (Wildman–Crippen MR) is 133 cm³/mol. The first-order chi connectivity index (χ1) is 18.9. The van der Waals surface area contributed by atoms with Gasteiger partial charge in [-0.05, 0) is 78.3 Å². The summed E-state index contributed by atoms with van der Waals surface area (Å²) in [7, 11) is 0. The van der Waals surface area contributed by atoms with Crippen LogP contribution in [0.4, 0.5) is 39.5 Å². The highest BCUT2D eigenvalue weighted by Gasteiger charge is 2.44. The summed E-state index contributed by atoms with van der Waals surface area (Å²) in [6, 6.07) is 4.84. The molecule has 0 amide bonds. The summed E-state index contributed by atoms with van der Waals surface area (Å²) in [5.41, 5.74) is -0.974. The summed E-state index contributed by atoms with van der Waals surface area (Å²) in [5.74, 6) is -13.4. The van der Waals surface area contributed by atoms with E-state index in [0.717, 1.165) is 37.1 Å². The van der Waals surface area contributed by atoms with Crippen LogP contribution in [-0.2, 0) is 0 Å². The van der Waals surface area contributed by atoms with E-state index in [4.69, 9.17) is 4.74 Å². The maximum absolute atomic E-state index is 15.3. The zero-order valence-electron chi connectivity index (χ0n) is 21.2. The van der Waals surface area contributed by atoms with Crippen molar-refractivity contribution in [3.8, 4) is 16.9 Å². The Balaban J connectivity index is 1.51. The van der Waals surface area contributed by atoms with E-state index in [2.05, 4.69) is 0 Å². The van der Waals surface area contributed by atoms with Crippen LogP contribution >= 0.6 is 0 Å². The van der Waals surface area contributed by atoms with Gasteiger partial charge in [0.25, 0.3) is 0 Å². The standard InChI is InChI=1S/C30H23F9O/c1-2-3-14-4-7-18(8-5-14)30(38,39)40-22-9-6-15-11-19(25(33)29(37)24(15)27(22)35)16-10-17-13-21(32)26(34)28(36)23(17)20(31)12-16/h6,9-14,18H,2-5,7-8H2,1H3. The summed E-state index contributed by atoms with van der Waals surface area (Å²) in [5, 5.41) is -2.58. The summed E-state index contributed by atoms with van der Waals surface area (Å²) in [4.78, 5) is 0. The molecule has 4 aromatic rings. The van der Waals surface area contributed by atoms with Crippen LogP contribution in [0.2, 0.25) is 0 Å². The molecule has 0 N–H and O–H groups in total. The van der Waals surface area contributed by atoms with E-state index in [1.54, 1.807) is 0 Å². The zero-order valence-corrected chi connectivity index (χ0v) is 21.2. The van der Waals surface area contributed by atoms with Crippen molar-refractivity contribution in [1.82, 2.24) is 0 Å². The highest BCUT2D eigenvalue weighted by molar-refractivity contribution is 5.93. The minimum Gasteiger partial charge on any atom is -0.429 e. The fourth-order valence-electron chi connectivity index (χ4n) is 5.62. The van der Waals surface area contributed by atoms with E-state index in [9.17, 15) is 26.3 Å². The molecule has 1 saturated carbocycles. The number of benzene rings is 4. The number of fused-ring (bicyclic) bond motifs is 2. The largest absolute Gasteiger partial charge is 0.429 e. The molecule has 0 heterocycles. The Labute approximate surface area is 223 Å². The molecule has 1 fully saturated rings. The van der Waals surface area contributed by atoms with E-state index >= 15 is 13.2 Å². The van der Waals surface area contributed by atoms with E-state index in [-0.39, 0.29) is 23.8 Å². The molecule has 40 heavy (non-hydrogen) atoms. The van der Waals surface area contributed by atoms with Gasteiger partial charge in [0.2, 0.25) is 0 Å². The van der Waals surface area contributed by atoms with Crippen LogP contribution in [0, 0.1) is 52.6 Å². The van der Waals surface area contributed by atoms with Gasteiger partial charge in [-0.2, -0.15) is 8.78 Å². The normalized spacial score (nSPS) is 18.1. The SMILES string of the molecule is CCCC1CCC(C(F)(F)Oc2ccc3cc(-c4cc(F)c5c(F)c(F)c(F)cc5c4)c(F)c(F)c3c2F)CC1. The molecule has 0 aliphatic heterocycles. The molecule has 1 nitrogen and oxygen atoms in total. The minimum atomic E-state index is -3.74. The van der Waals surface area contributed by atoms with Crippen molar-refractivity contribution in [2.45, 2.75) is 51.6 Å². The van der Waals surface area contributed by atoms with Crippen molar-refractivity contribution < 1.29 is 44.3 Å². The second kappa shape index (κ2) is 10.5. The molecule has 5 rings (SSSR count). The second-order valence-corrected chi connectivity index (χ2v) is 10.2. The minimum absolute atomic E-state index is 0.183. The van der Waals surface area contributed by atoms with Crippen molar-refractivity contribution in [2.24, 2.45) is 11.8 Å². The quantitative estimate of drug-likeness (QED) is 0.166. The van der Waals surface area contributed by atoms with E-state index in [1.807, 2.05) is 6.92 Å². The molecule has 4 aromatic carbocycles. The lowest BCUT2D eigenvalue weighted by atomic mass is 9.79. The first-order valence-corrected chi connectivity index (χ1v) is 12.9. The second-order valence-electron chi connectivity index (χ2n) is 10.2. The van der Waals surface area contributed by atoms with Crippen molar-refractivity contribution in [3.63, 3.8) is 0 Å². The average molecular weight is 570 g/mol. The molecule has 1 aliphatic rings. The van der Waals surface area contributed by atoms with Crippen LogP contribution in [0.3, 0.4) is 0 Å². The number of rotatable bonds is 6. The molecule has 10 heteroatoms. The lowest BCUT2D eigenvalue weighted by Crippen LogP contribution is -2.37. The highest BCUT2D eigenvalue weighted by Crippen LogP contribution is 2.43. The van der Waals surface area contributed by atoms with Crippen LogP contribution in [0.15, 0.2) is 36.4 Å². The average Bonchev–Trinajstić information content (AvgIpc) is 2.91. The van der Waals surface area contributed by atoms with Gasteiger partial charge in [-0.15, -0.1) is 0 Å². The summed E-state index contributed by atoms with van der Waals surface area (Å²) >= 11 is 0. The Hall–Kier alpha value is -3.43. The number of hydrogen-bond acceptors (Lipinski definition) is 1. The Morgan fingerprint density at radius 3 is 2.05 bits per heavy atom. The van der Waals surface area contributed by atoms with Gasteiger partial charge in [0, 0.05) is 5.56 Å². The molecule has 0 unspecified atom stereocenters. The van der Waals surface area contributed by atoms with Gasteiger partial charge < -0.3 is 4.74 Å². The first kappa shape index (κ1) is 28.1. The number of ether oxygens (including phenoxy) is 1. The monoisotopic (exact) mass is 570 g/mol. The maximum Gasteiger partial charge on any atom is 0.400 e. The van der Waals surface area contributed by atoms with Crippen LogP contribution in [0.5, 0.6) is 5.75 Å². The van der Waals surface area contributed by atoms with Crippen molar-refractivity contribution in [1.29, 1.82) is 0 Å². The maximum atomic E-state index is 15.3. The van der Waals surface area contributed by atoms with E-state index in [1.165, 1.54) is 0 Å². The third-order valence-electron chi connectivity index (χ3n) is 7.69. The van der Waals surface area contributed by atoms with Gasteiger partial charge in [-0.3, -0.25) is 0 Å². The molecule has 0 spiro atoms. The lowest BCUT2D eigenvalue weighted by Gasteiger charge is -2.33. The van der Waals surface area contributed by atoms with Gasteiger partial charge in [-0.1, -0.05) is 25.8 Å². The molecule has 0 radical (unpaired) electrons. The first-order valence-electron chi connectivity index (χ1n) is 12.9. The summed E-state index contributed by atoms with van der Waals surface area (Å²) < 4.78 is 136. The Morgan fingerprint density at radius 1 is 0.700 bits per heavy atom. The van der Waals surface area contributed by atoms with Crippen molar-refractivity contribution in [2.75, 3.05) is 0 Å². The van der Waals surface area contributed by atoms with Crippen LogP contribution < -0.4 is 4.74 Å². The Bertz CT molecular complexity index is 1610. The number of hydrogen-bond donors (Lipinski definition) is 0. The number of halogens is 9. The molecular weight excluding hydrogens is 547 g/mol. The van der Waals surface area contributed by atoms with Gasteiger partial charge in [0.15, 0.2) is 40.7 Å². The summed E-state index contributed by atoms with van der Waals surface area (Å²) in [6.45, 7) is 2.02. The molecular formula is C30H23F9O. The Kier molecular flexibility index (Phi) is 7.39. The van der Waals surface area contributed by atoms with Crippen LogP contribution in [0.25, 0.3) is 32.7 Å². The van der Waals surface area contributed by atoms with Crippen molar-refractivity contribution in [3.05, 3.63) is 77.1 Å². The van der Waals surface area contributed by atoms with E-state index in [0.29, 0.717) is 30.9 Å². The Morgan fingerprint density at radius 2 is 1.38 bits per heavy atom. The third kappa shape index (κ3) is 4.86. The zero-order chi connectivity index (χ0) is 28.9. The molecule has 212 valence electrons. The topological polar surface area (TPSA) is 9.23 Å².